The highest BCUT2D eigenvalue weighted by atomic mass is 32.1. The highest BCUT2D eigenvalue weighted by Gasteiger charge is 2.41. The van der Waals surface area contributed by atoms with E-state index in [2.05, 4.69) is 154 Å². The van der Waals surface area contributed by atoms with Crippen molar-refractivity contribution in [3.05, 3.63) is 106 Å². The largest absolute Gasteiger partial charge is 0.146 e. The third-order valence-electron chi connectivity index (χ3n) is 8.14. The molecule has 0 bridgehead atoms. The molecule has 200 valence electrons. The Kier molecular flexibility index (Phi) is 8.48. The van der Waals surface area contributed by atoms with Crippen molar-refractivity contribution >= 4 is 41.5 Å². The lowest BCUT2D eigenvalue weighted by Crippen LogP contribution is -2.43. The molecule has 0 aliphatic rings. The molecule has 0 fully saturated rings. The Morgan fingerprint density at radius 1 is 0.525 bits per heavy atom. The van der Waals surface area contributed by atoms with Gasteiger partial charge in [-0.15, -0.1) is 28.2 Å². The molecule has 0 nitrogen and oxygen atoms in total. The topological polar surface area (TPSA) is 0 Å². The van der Waals surface area contributed by atoms with Crippen LogP contribution >= 0.6 is 22.7 Å². The van der Waals surface area contributed by atoms with Crippen LogP contribution in [0.25, 0.3) is 31.7 Å². The van der Waals surface area contributed by atoms with Crippen molar-refractivity contribution in [1.82, 2.24) is 0 Å². The second kappa shape index (κ2) is 12.0. The number of hydrogen-bond donors (Lipinski definition) is 0. The molecule has 0 saturated heterocycles. The zero-order valence-corrected chi connectivity index (χ0v) is 26.8. The molecular formula is C37H36S2Si. The Balaban J connectivity index is 1.43. The summed E-state index contributed by atoms with van der Waals surface area (Å²) >= 11 is 3.53. The molecule has 0 unspecified atom stereocenters. The summed E-state index contributed by atoms with van der Waals surface area (Å²) in [7, 11) is -1.78. The number of benzene rings is 3. The van der Waals surface area contributed by atoms with Gasteiger partial charge < -0.3 is 0 Å². The van der Waals surface area contributed by atoms with Gasteiger partial charge in [0.1, 0.15) is 8.07 Å². The van der Waals surface area contributed by atoms with Crippen LogP contribution in [-0.4, -0.2) is 8.07 Å². The van der Waals surface area contributed by atoms with E-state index in [-0.39, 0.29) is 0 Å². The van der Waals surface area contributed by atoms with Gasteiger partial charge >= 0.3 is 0 Å². The van der Waals surface area contributed by atoms with E-state index in [4.69, 9.17) is 0 Å². The van der Waals surface area contributed by atoms with Crippen molar-refractivity contribution in [2.24, 2.45) is 0 Å². The molecule has 5 rings (SSSR count). The zero-order chi connectivity index (χ0) is 28.3. The van der Waals surface area contributed by atoms with Gasteiger partial charge in [-0.25, -0.2) is 0 Å². The average molecular weight is 573 g/mol. The standard InChI is InChI=1S/C37H36S2Si/c1-26(2)40(27(3)4,28(5)6)25-22-34-21-24-39-37(34)32-18-16-31(17-19-32)36-33(20-23-38-36)15-14-30-12-9-11-29-10-7-8-13-35(29)30/h7-13,16-21,23-24,26-28H,1-6H3. The first-order valence-electron chi connectivity index (χ1n) is 14.1. The fourth-order valence-electron chi connectivity index (χ4n) is 6.11. The van der Waals surface area contributed by atoms with E-state index in [9.17, 15) is 0 Å². The molecular weight excluding hydrogens is 537 g/mol. The lowest BCUT2D eigenvalue weighted by atomic mass is 10.0. The smallest absolute Gasteiger partial charge is 0.142 e. The molecule has 3 aromatic carbocycles. The van der Waals surface area contributed by atoms with Crippen LogP contribution in [0.4, 0.5) is 0 Å². The predicted octanol–water partition coefficient (Wildman–Crippen LogP) is 11.3. The minimum absolute atomic E-state index is 0.630. The van der Waals surface area contributed by atoms with Crippen molar-refractivity contribution in [2.75, 3.05) is 0 Å². The quantitative estimate of drug-likeness (QED) is 0.145. The van der Waals surface area contributed by atoms with Crippen molar-refractivity contribution in [2.45, 2.75) is 58.2 Å². The molecule has 0 saturated carbocycles. The first kappa shape index (κ1) is 28.2. The van der Waals surface area contributed by atoms with Crippen molar-refractivity contribution in [3.8, 4) is 44.2 Å². The van der Waals surface area contributed by atoms with E-state index >= 15 is 0 Å². The van der Waals surface area contributed by atoms with E-state index in [1.807, 2.05) is 0 Å². The Labute approximate surface area is 249 Å². The van der Waals surface area contributed by atoms with Gasteiger partial charge in [0.2, 0.25) is 0 Å². The Bertz CT molecular complexity index is 1710. The SMILES string of the molecule is CC(C)[Si](C#Cc1ccsc1-c1ccc(-c2sccc2C#Cc2cccc3ccccc23)cc1)(C(C)C)C(C)C. The van der Waals surface area contributed by atoms with E-state index in [0.29, 0.717) is 16.6 Å². The Morgan fingerprint density at radius 2 is 1.02 bits per heavy atom. The van der Waals surface area contributed by atoms with Crippen LogP contribution in [0.2, 0.25) is 16.6 Å². The number of fused-ring (bicyclic) bond motifs is 1. The fourth-order valence-corrected chi connectivity index (χ4v) is 13.0. The summed E-state index contributed by atoms with van der Waals surface area (Å²) in [4.78, 5) is 2.48. The summed E-state index contributed by atoms with van der Waals surface area (Å²) in [5, 5.41) is 6.73. The highest BCUT2D eigenvalue weighted by Crippen LogP contribution is 2.41. The average Bonchev–Trinajstić information content (AvgIpc) is 3.61. The van der Waals surface area contributed by atoms with Gasteiger partial charge in [0.15, 0.2) is 0 Å². The Hall–Kier alpha value is -3.34. The molecule has 3 heteroatoms. The van der Waals surface area contributed by atoms with Gasteiger partial charge in [-0.05, 0) is 67.5 Å². The van der Waals surface area contributed by atoms with Crippen LogP contribution in [0.5, 0.6) is 0 Å². The van der Waals surface area contributed by atoms with Gasteiger partial charge in [-0.2, -0.15) is 0 Å². The first-order valence-corrected chi connectivity index (χ1v) is 18.1. The van der Waals surface area contributed by atoms with Crippen LogP contribution in [0.1, 0.15) is 58.2 Å². The van der Waals surface area contributed by atoms with Gasteiger partial charge in [0.05, 0.1) is 0 Å². The molecule has 0 N–H and O–H groups in total. The molecule has 0 amide bonds. The maximum absolute atomic E-state index is 3.91. The third-order valence-corrected chi connectivity index (χ3v) is 16.4. The number of hydrogen-bond acceptors (Lipinski definition) is 2. The summed E-state index contributed by atoms with van der Waals surface area (Å²) in [6.07, 6.45) is 0. The van der Waals surface area contributed by atoms with Crippen LogP contribution in [-0.2, 0) is 0 Å². The highest BCUT2D eigenvalue weighted by molar-refractivity contribution is 7.14. The molecule has 0 aliphatic carbocycles. The molecule has 2 heterocycles. The zero-order valence-electron chi connectivity index (χ0n) is 24.2. The monoisotopic (exact) mass is 572 g/mol. The lowest BCUT2D eigenvalue weighted by molar-refractivity contribution is 0.838. The summed E-state index contributed by atoms with van der Waals surface area (Å²) in [6, 6.07) is 28.0. The summed E-state index contributed by atoms with van der Waals surface area (Å²) in [5.74, 6) is 10.6. The predicted molar refractivity (Wildman–Crippen MR) is 181 cm³/mol. The molecule has 0 radical (unpaired) electrons. The summed E-state index contributed by atoms with van der Waals surface area (Å²) < 4.78 is 0. The molecule has 2 aromatic heterocycles. The minimum Gasteiger partial charge on any atom is -0.142 e. The van der Waals surface area contributed by atoms with Gasteiger partial charge in [-0.1, -0.05) is 120 Å². The minimum atomic E-state index is -1.78. The molecule has 0 spiro atoms. The second-order valence-electron chi connectivity index (χ2n) is 11.3. The van der Waals surface area contributed by atoms with E-state index in [1.165, 1.54) is 31.7 Å². The van der Waals surface area contributed by atoms with E-state index < -0.39 is 8.07 Å². The van der Waals surface area contributed by atoms with Crippen molar-refractivity contribution < 1.29 is 0 Å². The van der Waals surface area contributed by atoms with Crippen molar-refractivity contribution in [1.29, 1.82) is 0 Å². The van der Waals surface area contributed by atoms with Gasteiger partial charge in [0, 0.05) is 26.4 Å². The summed E-state index contributed by atoms with van der Waals surface area (Å²) in [6.45, 7) is 14.2. The maximum Gasteiger partial charge on any atom is 0.146 e. The maximum atomic E-state index is 3.91. The molecule has 40 heavy (non-hydrogen) atoms. The van der Waals surface area contributed by atoms with Crippen LogP contribution in [0, 0.1) is 23.3 Å². The molecule has 0 atom stereocenters. The normalized spacial score (nSPS) is 11.5. The number of thiophene rings is 2. The van der Waals surface area contributed by atoms with Crippen LogP contribution in [0.3, 0.4) is 0 Å². The van der Waals surface area contributed by atoms with Crippen LogP contribution in [0.15, 0.2) is 89.6 Å². The van der Waals surface area contributed by atoms with E-state index in [0.717, 1.165) is 16.7 Å². The number of rotatable bonds is 5. The second-order valence-corrected chi connectivity index (χ2v) is 18.7. The Morgan fingerprint density at radius 3 is 1.60 bits per heavy atom. The fraction of sp³-hybridized carbons (Fsp3) is 0.243. The van der Waals surface area contributed by atoms with E-state index in [1.54, 1.807) is 22.7 Å². The molecule has 0 aliphatic heterocycles. The lowest BCUT2D eigenvalue weighted by Gasteiger charge is -2.38. The third kappa shape index (κ3) is 5.48. The van der Waals surface area contributed by atoms with Gasteiger partial charge in [-0.3, -0.25) is 0 Å². The van der Waals surface area contributed by atoms with Gasteiger partial charge in [0.25, 0.3) is 0 Å². The summed E-state index contributed by atoms with van der Waals surface area (Å²) in [5.41, 5.74) is 11.5. The molecule has 5 aromatic rings. The first-order chi connectivity index (χ1) is 19.3. The van der Waals surface area contributed by atoms with Crippen LogP contribution < -0.4 is 0 Å². The van der Waals surface area contributed by atoms with Crippen molar-refractivity contribution in [3.63, 3.8) is 0 Å².